The van der Waals surface area contributed by atoms with Gasteiger partial charge in [0, 0.05) is 0 Å². The average Bonchev–Trinajstić information content (AvgIpc) is 3.37. The van der Waals surface area contributed by atoms with Crippen molar-refractivity contribution in [1.29, 1.82) is 0 Å². The largest absolute Gasteiger partial charge is 0.465 e. The van der Waals surface area contributed by atoms with E-state index in [0.29, 0.717) is 5.75 Å². The second-order valence-electron chi connectivity index (χ2n) is 14.1. The van der Waals surface area contributed by atoms with Gasteiger partial charge in [0.05, 0.1) is 58.7 Å². The van der Waals surface area contributed by atoms with E-state index in [1.165, 1.54) is 136 Å². The number of hydrogen-bond acceptors (Lipinski definition) is 16. The summed E-state index contributed by atoms with van der Waals surface area (Å²) in [5.41, 5.74) is 0.0456. The summed E-state index contributed by atoms with van der Waals surface area (Å²) >= 11 is 0. The summed E-state index contributed by atoms with van der Waals surface area (Å²) in [6.45, 7) is 0. The molecule has 338 valence electrons. The lowest BCUT2D eigenvalue weighted by atomic mass is 10.1. The third kappa shape index (κ3) is 11.9. The van der Waals surface area contributed by atoms with Gasteiger partial charge in [-0.2, -0.15) is 0 Å². The highest BCUT2D eigenvalue weighted by molar-refractivity contribution is 6.02. The maximum atomic E-state index is 13.6. The van der Waals surface area contributed by atoms with Crippen LogP contribution in [0.2, 0.25) is 0 Å². The number of carbonyl (C=O) groups is 8. The lowest BCUT2D eigenvalue weighted by Crippen LogP contribution is -2.17. The third-order valence-electron chi connectivity index (χ3n) is 9.47. The molecule has 0 fully saturated rings. The highest BCUT2D eigenvalue weighted by atomic mass is 16.6. The number of benzene rings is 7. The Labute approximate surface area is 386 Å². The summed E-state index contributed by atoms with van der Waals surface area (Å²) in [7, 11) is 2.48. The quantitative estimate of drug-likeness (QED) is 0.0738. The minimum Gasteiger partial charge on any atom is -0.465 e. The van der Waals surface area contributed by atoms with Crippen molar-refractivity contribution in [2.45, 2.75) is 0 Å². The van der Waals surface area contributed by atoms with Crippen LogP contribution in [0.1, 0.15) is 82.9 Å². The maximum Gasteiger partial charge on any atom is 0.343 e. The van der Waals surface area contributed by atoms with Crippen LogP contribution in [0.4, 0.5) is 0 Å². The molecular formula is C52H34O16. The molecule has 0 saturated heterocycles. The molecule has 0 radical (unpaired) electrons. The predicted molar refractivity (Wildman–Crippen MR) is 238 cm³/mol. The molecule has 68 heavy (non-hydrogen) atoms. The average molecular weight is 915 g/mol. The fourth-order valence-electron chi connectivity index (χ4n) is 6.00. The zero-order valence-electron chi connectivity index (χ0n) is 35.7. The first kappa shape index (κ1) is 46.3. The first-order valence-corrected chi connectivity index (χ1v) is 20.1. The third-order valence-corrected chi connectivity index (χ3v) is 9.47. The van der Waals surface area contributed by atoms with Gasteiger partial charge in [-0.15, -0.1) is 0 Å². The van der Waals surface area contributed by atoms with Gasteiger partial charge >= 0.3 is 47.8 Å². The van der Waals surface area contributed by atoms with Gasteiger partial charge in [0.2, 0.25) is 0 Å². The number of carbonyl (C=O) groups excluding carboxylic acids is 8. The SMILES string of the molecule is COC(=O)c1ccc(OC(=O)c2ccc(OC(=O)c3cc(C(=O)Oc4ccc(C(=O)Oc5ccccc5)cc4)cc(C(=O)Oc4ccc(C(=O)Oc5ccc(C(=O)OC)cc5)cc4)c3)cc2)cc1. The molecule has 0 saturated carbocycles. The second-order valence-corrected chi connectivity index (χ2v) is 14.1. The number of ether oxygens (including phenoxy) is 8. The van der Waals surface area contributed by atoms with Crippen LogP contribution < -0.4 is 28.4 Å². The molecule has 7 rings (SSSR count). The van der Waals surface area contributed by atoms with E-state index in [0.717, 1.165) is 18.2 Å². The number of esters is 8. The van der Waals surface area contributed by atoms with Crippen molar-refractivity contribution in [2.75, 3.05) is 14.2 Å². The van der Waals surface area contributed by atoms with Crippen LogP contribution in [0.25, 0.3) is 0 Å². The molecule has 0 aliphatic rings. The molecule has 0 bridgehead atoms. The lowest BCUT2D eigenvalue weighted by Gasteiger charge is -2.11. The Morgan fingerprint density at radius 1 is 0.235 bits per heavy atom. The van der Waals surface area contributed by atoms with Crippen LogP contribution >= 0.6 is 0 Å². The van der Waals surface area contributed by atoms with Gasteiger partial charge in [0.1, 0.15) is 34.5 Å². The monoisotopic (exact) mass is 914 g/mol. The minimum atomic E-state index is -1.01. The zero-order valence-corrected chi connectivity index (χ0v) is 35.7. The molecule has 16 nitrogen and oxygen atoms in total. The Morgan fingerprint density at radius 2 is 0.426 bits per heavy atom. The first-order valence-electron chi connectivity index (χ1n) is 20.1. The van der Waals surface area contributed by atoms with Crippen molar-refractivity contribution in [1.82, 2.24) is 0 Å². The van der Waals surface area contributed by atoms with Crippen LogP contribution in [-0.2, 0) is 9.47 Å². The van der Waals surface area contributed by atoms with Gasteiger partial charge in [0.25, 0.3) is 0 Å². The Hall–Kier alpha value is -9.70. The Bertz CT molecular complexity index is 2870. The molecule has 0 aliphatic carbocycles. The highest BCUT2D eigenvalue weighted by Gasteiger charge is 2.22. The molecule has 0 amide bonds. The fourth-order valence-corrected chi connectivity index (χ4v) is 6.00. The van der Waals surface area contributed by atoms with Crippen LogP contribution in [0, 0.1) is 0 Å². The van der Waals surface area contributed by atoms with E-state index in [9.17, 15) is 38.4 Å². The number of hydrogen-bond donors (Lipinski definition) is 0. The topological polar surface area (TPSA) is 210 Å². The Kier molecular flexibility index (Phi) is 14.5. The summed E-state index contributed by atoms with van der Waals surface area (Å²) in [5.74, 6) is -5.67. The van der Waals surface area contributed by atoms with E-state index in [1.54, 1.807) is 30.3 Å². The van der Waals surface area contributed by atoms with E-state index < -0.39 is 47.8 Å². The van der Waals surface area contributed by atoms with E-state index in [4.69, 9.17) is 28.4 Å². The van der Waals surface area contributed by atoms with Gasteiger partial charge in [-0.3, -0.25) is 0 Å². The standard InChI is InChI=1S/C52H34O16/c1-61-45(53)31-8-18-40(19-9-31)64-48(56)34-14-24-43(25-15-34)67-51(59)37-28-36(50(58)66-42-22-12-33(13-23-42)47(55)63-39-6-4-3-5-7-39)29-38(30-37)52(60)68-44-26-16-35(17-27-44)49(57)65-41-20-10-32(11-21-41)46(54)62-2/h3-30H,1-2H3. The molecule has 0 heterocycles. The van der Waals surface area contributed by atoms with Crippen LogP contribution in [-0.4, -0.2) is 62.0 Å². The molecule has 16 heteroatoms. The van der Waals surface area contributed by atoms with Gasteiger partial charge in [-0.25, -0.2) is 38.4 Å². The molecular weight excluding hydrogens is 881 g/mol. The zero-order chi connectivity index (χ0) is 48.2. The summed E-state index contributed by atoms with van der Waals surface area (Å²) < 4.78 is 42.0. The Balaban J connectivity index is 1.06. The van der Waals surface area contributed by atoms with Gasteiger partial charge < -0.3 is 37.9 Å². The molecule has 0 spiro atoms. The molecule has 0 unspecified atom stereocenters. The summed E-state index contributed by atoms with van der Waals surface area (Å²) in [5, 5.41) is 0. The van der Waals surface area contributed by atoms with Crippen molar-refractivity contribution in [3.63, 3.8) is 0 Å². The molecule has 0 N–H and O–H groups in total. The van der Waals surface area contributed by atoms with Gasteiger partial charge in [-0.05, 0) is 152 Å². The van der Waals surface area contributed by atoms with Crippen LogP contribution in [0.3, 0.4) is 0 Å². The van der Waals surface area contributed by atoms with E-state index in [1.807, 2.05) is 0 Å². The number of rotatable bonds is 14. The highest BCUT2D eigenvalue weighted by Crippen LogP contribution is 2.24. The van der Waals surface area contributed by atoms with E-state index in [-0.39, 0.29) is 73.3 Å². The number of methoxy groups -OCH3 is 2. The van der Waals surface area contributed by atoms with Gasteiger partial charge in [0.15, 0.2) is 0 Å². The molecule has 0 atom stereocenters. The Morgan fingerprint density at radius 3 is 0.647 bits per heavy atom. The van der Waals surface area contributed by atoms with Crippen LogP contribution in [0.15, 0.2) is 170 Å². The molecule has 7 aromatic rings. The van der Waals surface area contributed by atoms with Crippen molar-refractivity contribution < 1.29 is 76.3 Å². The van der Waals surface area contributed by atoms with Crippen molar-refractivity contribution in [3.05, 3.63) is 214 Å². The predicted octanol–water partition coefficient (Wildman–Crippen LogP) is 8.58. The molecule has 7 aromatic carbocycles. The van der Waals surface area contributed by atoms with E-state index in [2.05, 4.69) is 9.47 Å². The van der Waals surface area contributed by atoms with Crippen molar-refractivity contribution in [2.24, 2.45) is 0 Å². The smallest absolute Gasteiger partial charge is 0.343 e. The fraction of sp³-hybridized carbons (Fsp3) is 0.0385. The normalized spacial score (nSPS) is 10.4. The second kappa shape index (κ2) is 21.3. The maximum absolute atomic E-state index is 13.6. The summed E-state index contributed by atoms with van der Waals surface area (Å²) in [4.78, 5) is 102. The lowest BCUT2D eigenvalue weighted by molar-refractivity contribution is 0.0591. The van der Waals surface area contributed by atoms with Crippen molar-refractivity contribution >= 4 is 47.8 Å². The summed E-state index contributed by atoms with van der Waals surface area (Å²) in [6.07, 6.45) is 0. The van der Waals surface area contributed by atoms with E-state index >= 15 is 0 Å². The minimum absolute atomic E-state index is 0.0111. The molecule has 0 aliphatic heterocycles. The van der Waals surface area contributed by atoms with Crippen LogP contribution in [0.5, 0.6) is 34.5 Å². The molecule has 0 aromatic heterocycles. The number of para-hydroxylation sites is 1. The summed E-state index contributed by atoms with van der Waals surface area (Å²) in [6, 6.07) is 39.3. The van der Waals surface area contributed by atoms with Crippen molar-refractivity contribution in [3.8, 4) is 34.5 Å². The van der Waals surface area contributed by atoms with Gasteiger partial charge in [-0.1, -0.05) is 18.2 Å². The first-order chi connectivity index (χ1) is 32.8.